The van der Waals surface area contributed by atoms with Gasteiger partial charge in [-0.1, -0.05) is 18.1 Å². The van der Waals surface area contributed by atoms with E-state index in [9.17, 15) is 24.9 Å². The molecular formula is C23H32N2O6. The molecule has 0 spiro atoms. The average Bonchev–Trinajstić information content (AvgIpc) is 2.77. The van der Waals surface area contributed by atoms with Crippen LogP contribution >= 0.6 is 0 Å². The summed E-state index contributed by atoms with van der Waals surface area (Å²) in [6, 6.07) is 3.64. The lowest BCUT2D eigenvalue weighted by Gasteiger charge is -2.23. The summed E-state index contributed by atoms with van der Waals surface area (Å²) in [5.74, 6) is 0. The normalized spacial score (nSPS) is 17.5. The molecule has 0 amide bonds. The molecule has 1 saturated carbocycles. The van der Waals surface area contributed by atoms with Crippen molar-refractivity contribution in [3.8, 4) is 0 Å². The maximum atomic E-state index is 13.0. The third kappa shape index (κ3) is 4.98. The third-order valence-corrected chi connectivity index (χ3v) is 6.25. The zero-order valence-corrected chi connectivity index (χ0v) is 18.1. The topological polar surface area (TPSA) is 125 Å². The molecule has 1 aromatic heterocycles. The molecule has 3 atom stereocenters. The Bertz CT molecular complexity index is 1080. The van der Waals surface area contributed by atoms with E-state index in [0.717, 1.165) is 41.4 Å². The Morgan fingerprint density at radius 1 is 0.903 bits per heavy atom. The fourth-order valence-corrected chi connectivity index (χ4v) is 4.12. The van der Waals surface area contributed by atoms with E-state index in [-0.39, 0.29) is 6.54 Å². The molecule has 0 saturated heterocycles. The number of aliphatic hydroxyl groups is 4. The number of hydrogen-bond acceptors (Lipinski definition) is 6. The van der Waals surface area contributed by atoms with Gasteiger partial charge in [0.25, 0.3) is 0 Å². The molecule has 0 radical (unpaired) electrons. The second-order valence-corrected chi connectivity index (χ2v) is 8.49. The van der Waals surface area contributed by atoms with Gasteiger partial charge < -0.3 is 20.4 Å². The number of aliphatic hydroxyl groups excluding tert-OH is 4. The lowest BCUT2D eigenvalue weighted by Crippen LogP contribution is -2.47. The van der Waals surface area contributed by atoms with Gasteiger partial charge in [-0.25, -0.2) is 0 Å². The van der Waals surface area contributed by atoms with Gasteiger partial charge in [-0.05, 0) is 62.8 Å². The Labute approximate surface area is 180 Å². The second-order valence-electron chi connectivity index (χ2n) is 8.49. The van der Waals surface area contributed by atoms with E-state index >= 15 is 0 Å². The Kier molecular flexibility index (Phi) is 7.48. The van der Waals surface area contributed by atoms with Crippen LogP contribution in [0.4, 0.5) is 0 Å². The highest BCUT2D eigenvalue weighted by atomic mass is 16.4. The van der Waals surface area contributed by atoms with Crippen LogP contribution in [0.1, 0.15) is 43.2 Å². The summed E-state index contributed by atoms with van der Waals surface area (Å²) in [5, 5.41) is 38.9. The Balaban J connectivity index is 2.10. The van der Waals surface area contributed by atoms with Crippen molar-refractivity contribution in [1.29, 1.82) is 0 Å². The fourth-order valence-electron chi connectivity index (χ4n) is 4.12. The second kappa shape index (κ2) is 9.91. The van der Waals surface area contributed by atoms with Crippen LogP contribution in [0, 0.1) is 13.8 Å². The lowest BCUT2D eigenvalue weighted by atomic mass is 9.95. The molecule has 1 heterocycles. The minimum atomic E-state index is -1.66. The number of hydrogen-bond donors (Lipinski definition) is 4. The van der Waals surface area contributed by atoms with Gasteiger partial charge in [0.15, 0.2) is 0 Å². The number of benzene rings is 1. The van der Waals surface area contributed by atoms with Crippen LogP contribution in [0.25, 0.3) is 11.0 Å². The van der Waals surface area contributed by atoms with Crippen LogP contribution < -0.4 is 11.1 Å². The summed E-state index contributed by atoms with van der Waals surface area (Å²) in [7, 11) is 0. The summed E-state index contributed by atoms with van der Waals surface area (Å²) in [6.07, 6.45) is 2.81. The number of aromatic nitrogens is 2. The molecule has 1 aliphatic rings. The zero-order valence-electron chi connectivity index (χ0n) is 18.1. The Morgan fingerprint density at radius 3 is 2.03 bits per heavy atom. The standard InChI is InChI=1S/C23H32N2O6/c1-14-10-17-18(11-15(14)2)25(12-19(27)21(29)20(28)13-26)23(31)22(30)24(17)9-8-16-6-4-3-5-7-16/h8,10-11,19-21,26-29H,3-7,9,12-13H2,1-2H3. The molecule has 8 nitrogen and oxygen atoms in total. The van der Waals surface area contributed by atoms with Crippen molar-refractivity contribution in [1.82, 2.24) is 9.13 Å². The van der Waals surface area contributed by atoms with Crippen molar-refractivity contribution in [2.24, 2.45) is 0 Å². The average molecular weight is 433 g/mol. The van der Waals surface area contributed by atoms with Crippen LogP contribution in [-0.4, -0.2) is 54.5 Å². The van der Waals surface area contributed by atoms with Gasteiger partial charge in [0.2, 0.25) is 0 Å². The highest BCUT2D eigenvalue weighted by molar-refractivity contribution is 5.77. The number of allylic oxidation sites excluding steroid dienone is 2. The predicted octanol–water partition coefficient (Wildman–Crippen LogP) is 0.746. The van der Waals surface area contributed by atoms with E-state index < -0.39 is 36.0 Å². The van der Waals surface area contributed by atoms with Crippen molar-refractivity contribution in [2.45, 2.75) is 77.4 Å². The highest BCUT2D eigenvalue weighted by Gasteiger charge is 2.26. The van der Waals surface area contributed by atoms with E-state index in [1.165, 1.54) is 16.6 Å². The van der Waals surface area contributed by atoms with Crippen molar-refractivity contribution >= 4 is 11.0 Å². The minimum absolute atomic E-state index is 0.303. The summed E-state index contributed by atoms with van der Waals surface area (Å²) in [5.41, 5.74) is 2.73. The van der Waals surface area contributed by atoms with Crippen molar-refractivity contribution in [3.63, 3.8) is 0 Å². The van der Waals surface area contributed by atoms with E-state index in [2.05, 4.69) is 0 Å². The Morgan fingerprint density at radius 2 is 1.45 bits per heavy atom. The third-order valence-electron chi connectivity index (χ3n) is 6.25. The van der Waals surface area contributed by atoms with Gasteiger partial charge >= 0.3 is 11.1 Å². The largest absolute Gasteiger partial charge is 0.394 e. The highest BCUT2D eigenvalue weighted by Crippen LogP contribution is 2.23. The van der Waals surface area contributed by atoms with E-state index in [4.69, 9.17) is 5.11 Å². The molecule has 1 fully saturated rings. The minimum Gasteiger partial charge on any atom is -0.394 e. The van der Waals surface area contributed by atoms with Gasteiger partial charge in [-0.15, -0.1) is 0 Å². The number of rotatable bonds is 7. The smallest absolute Gasteiger partial charge is 0.317 e. The fraction of sp³-hybridized carbons (Fsp3) is 0.565. The molecule has 0 bridgehead atoms. The van der Waals surface area contributed by atoms with Gasteiger partial charge in [0, 0.05) is 6.54 Å². The quantitative estimate of drug-likeness (QED) is 0.378. The molecule has 8 heteroatoms. The SMILES string of the molecule is Cc1cc2c(cc1C)n(CC(O)C(O)C(O)CO)c(=O)c(=O)n2CC=C1CCCCC1. The molecule has 3 rings (SSSR count). The maximum absolute atomic E-state index is 13.0. The summed E-state index contributed by atoms with van der Waals surface area (Å²) in [4.78, 5) is 25.9. The van der Waals surface area contributed by atoms with Crippen LogP contribution in [-0.2, 0) is 13.1 Å². The summed E-state index contributed by atoms with van der Waals surface area (Å²) in [6.45, 7) is 3.01. The Hall–Kier alpha value is -2.26. The number of fused-ring (bicyclic) bond motifs is 1. The van der Waals surface area contributed by atoms with Crippen molar-refractivity contribution < 1.29 is 20.4 Å². The van der Waals surface area contributed by atoms with Crippen molar-refractivity contribution in [3.05, 3.63) is 55.6 Å². The first-order valence-corrected chi connectivity index (χ1v) is 10.8. The molecule has 1 aliphatic carbocycles. The van der Waals surface area contributed by atoms with E-state index in [1.807, 2.05) is 26.0 Å². The van der Waals surface area contributed by atoms with Gasteiger partial charge in [0.1, 0.15) is 18.3 Å². The summed E-state index contributed by atoms with van der Waals surface area (Å²) >= 11 is 0. The van der Waals surface area contributed by atoms with E-state index in [0.29, 0.717) is 17.6 Å². The van der Waals surface area contributed by atoms with Gasteiger partial charge in [0.05, 0.1) is 24.2 Å². The molecule has 3 unspecified atom stereocenters. The first-order valence-electron chi connectivity index (χ1n) is 10.8. The number of aryl methyl sites for hydroxylation is 2. The lowest BCUT2D eigenvalue weighted by molar-refractivity contribution is -0.0805. The molecule has 4 N–H and O–H groups in total. The van der Waals surface area contributed by atoms with E-state index in [1.54, 1.807) is 6.07 Å². The maximum Gasteiger partial charge on any atom is 0.317 e. The molecule has 170 valence electrons. The molecule has 0 aliphatic heterocycles. The van der Waals surface area contributed by atoms with Crippen molar-refractivity contribution in [2.75, 3.05) is 6.61 Å². The predicted molar refractivity (Wildman–Crippen MR) is 118 cm³/mol. The van der Waals surface area contributed by atoms with Crippen LogP contribution in [0.15, 0.2) is 33.4 Å². The molecular weight excluding hydrogens is 400 g/mol. The van der Waals surface area contributed by atoms with Crippen LogP contribution in [0.5, 0.6) is 0 Å². The van der Waals surface area contributed by atoms with Gasteiger partial charge in [-0.3, -0.25) is 18.7 Å². The zero-order chi connectivity index (χ0) is 22.7. The number of nitrogens with zero attached hydrogens (tertiary/aromatic N) is 2. The summed E-state index contributed by atoms with van der Waals surface area (Å²) < 4.78 is 2.61. The van der Waals surface area contributed by atoms with Crippen LogP contribution in [0.3, 0.4) is 0 Å². The molecule has 1 aromatic carbocycles. The van der Waals surface area contributed by atoms with Crippen LogP contribution in [0.2, 0.25) is 0 Å². The monoisotopic (exact) mass is 432 g/mol. The first-order chi connectivity index (χ1) is 14.7. The first kappa shape index (κ1) is 23.4. The molecule has 31 heavy (non-hydrogen) atoms. The molecule has 2 aromatic rings. The van der Waals surface area contributed by atoms with Gasteiger partial charge in [-0.2, -0.15) is 0 Å².